The van der Waals surface area contributed by atoms with Crippen molar-refractivity contribution in [3.05, 3.63) is 47.8 Å². The Bertz CT molecular complexity index is 758. The highest BCUT2D eigenvalue weighted by molar-refractivity contribution is 7.89. The third kappa shape index (κ3) is 3.99. The Hall–Kier alpha value is -2.52. The van der Waals surface area contributed by atoms with Crippen LogP contribution in [0, 0.1) is 0 Å². The molecule has 8 nitrogen and oxygen atoms in total. The van der Waals surface area contributed by atoms with Gasteiger partial charge >= 0.3 is 6.01 Å². The standard InChI is InChI=1S/C13H14N4O4S/c1-21-13-16-7-10(8-17-13)12(18)15-6-9-2-4-11(5-3-9)22(14,19)20/h2-5,7-8H,6H2,1H3,(H,15,18)(H2,14,19,20). The Morgan fingerprint density at radius 2 is 1.82 bits per heavy atom. The lowest BCUT2D eigenvalue weighted by Gasteiger charge is -2.06. The van der Waals surface area contributed by atoms with E-state index in [4.69, 9.17) is 9.88 Å². The van der Waals surface area contributed by atoms with Crippen molar-refractivity contribution in [1.29, 1.82) is 0 Å². The number of hydrogen-bond acceptors (Lipinski definition) is 6. The summed E-state index contributed by atoms with van der Waals surface area (Å²) in [5.41, 5.74) is 1.03. The number of nitrogens with zero attached hydrogens (tertiary/aromatic N) is 2. The summed E-state index contributed by atoms with van der Waals surface area (Å²) in [5, 5.41) is 7.68. The smallest absolute Gasteiger partial charge is 0.316 e. The first-order valence-corrected chi connectivity index (χ1v) is 7.71. The lowest BCUT2D eigenvalue weighted by Crippen LogP contribution is -2.23. The number of sulfonamides is 1. The molecular weight excluding hydrogens is 308 g/mol. The molecule has 1 aromatic carbocycles. The van der Waals surface area contributed by atoms with Crippen molar-refractivity contribution in [3.8, 4) is 6.01 Å². The van der Waals surface area contributed by atoms with Crippen molar-refractivity contribution in [2.24, 2.45) is 5.14 Å². The van der Waals surface area contributed by atoms with Crippen molar-refractivity contribution in [1.82, 2.24) is 15.3 Å². The Labute approximate surface area is 127 Å². The normalized spacial score (nSPS) is 11.0. The molecule has 116 valence electrons. The lowest BCUT2D eigenvalue weighted by molar-refractivity contribution is 0.0950. The molecule has 0 saturated heterocycles. The molecule has 0 atom stereocenters. The number of nitrogens with two attached hydrogens (primary N) is 1. The number of carbonyl (C=O) groups excluding carboxylic acids is 1. The van der Waals surface area contributed by atoms with Crippen LogP contribution in [0.15, 0.2) is 41.6 Å². The third-order valence-corrected chi connectivity index (χ3v) is 3.71. The highest BCUT2D eigenvalue weighted by atomic mass is 32.2. The van der Waals surface area contributed by atoms with Gasteiger partial charge in [-0.15, -0.1) is 0 Å². The fourth-order valence-corrected chi connectivity index (χ4v) is 2.14. The first-order chi connectivity index (χ1) is 10.4. The molecule has 1 amide bonds. The second kappa shape index (κ2) is 6.50. The van der Waals surface area contributed by atoms with Crippen LogP contribution in [-0.4, -0.2) is 31.4 Å². The number of benzene rings is 1. The predicted molar refractivity (Wildman–Crippen MR) is 77.6 cm³/mol. The van der Waals surface area contributed by atoms with Crippen molar-refractivity contribution < 1.29 is 17.9 Å². The van der Waals surface area contributed by atoms with E-state index in [1.807, 2.05) is 0 Å². The molecular formula is C13H14N4O4S. The number of primary sulfonamides is 1. The molecule has 0 aliphatic rings. The van der Waals surface area contributed by atoms with Crippen molar-refractivity contribution in [2.75, 3.05) is 7.11 Å². The van der Waals surface area contributed by atoms with Gasteiger partial charge in [0, 0.05) is 18.9 Å². The summed E-state index contributed by atoms with van der Waals surface area (Å²) < 4.78 is 27.1. The molecule has 0 radical (unpaired) electrons. The molecule has 2 aromatic rings. The molecule has 0 bridgehead atoms. The number of carbonyl (C=O) groups is 1. The number of methoxy groups -OCH3 is 1. The summed E-state index contributed by atoms with van der Waals surface area (Å²) in [5.74, 6) is -0.349. The quantitative estimate of drug-likeness (QED) is 0.802. The van der Waals surface area contributed by atoms with Gasteiger partial charge in [-0.2, -0.15) is 0 Å². The largest absolute Gasteiger partial charge is 0.467 e. The van der Waals surface area contributed by atoms with E-state index in [0.29, 0.717) is 5.56 Å². The molecule has 3 N–H and O–H groups in total. The summed E-state index contributed by atoms with van der Waals surface area (Å²) >= 11 is 0. The highest BCUT2D eigenvalue weighted by Gasteiger charge is 2.09. The van der Waals surface area contributed by atoms with Crippen LogP contribution in [0.25, 0.3) is 0 Å². The SMILES string of the molecule is COc1ncc(C(=O)NCc2ccc(S(N)(=O)=O)cc2)cn1. The van der Waals surface area contributed by atoms with Gasteiger partial charge in [-0.3, -0.25) is 4.79 Å². The summed E-state index contributed by atoms with van der Waals surface area (Å²) in [4.78, 5) is 19.6. The van der Waals surface area contributed by atoms with Crippen LogP contribution in [0.5, 0.6) is 6.01 Å². The summed E-state index contributed by atoms with van der Waals surface area (Å²) in [7, 11) is -2.29. The van der Waals surface area contributed by atoms with E-state index in [9.17, 15) is 13.2 Å². The van der Waals surface area contributed by atoms with Gasteiger partial charge in [0.05, 0.1) is 17.6 Å². The van der Waals surface area contributed by atoms with E-state index < -0.39 is 10.0 Å². The number of ether oxygens (including phenoxy) is 1. The fourth-order valence-electron chi connectivity index (χ4n) is 1.62. The first-order valence-electron chi connectivity index (χ1n) is 6.16. The second-order valence-electron chi connectivity index (χ2n) is 4.33. The van der Waals surface area contributed by atoms with Crippen LogP contribution in [-0.2, 0) is 16.6 Å². The van der Waals surface area contributed by atoms with Gasteiger partial charge in [0.15, 0.2) is 0 Å². The van der Waals surface area contributed by atoms with Crippen LogP contribution in [0.4, 0.5) is 0 Å². The Kier molecular flexibility index (Phi) is 4.68. The van der Waals surface area contributed by atoms with Crippen LogP contribution in [0.3, 0.4) is 0 Å². The van der Waals surface area contributed by atoms with Crippen molar-refractivity contribution in [2.45, 2.75) is 11.4 Å². The monoisotopic (exact) mass is 322 g/mol. The van der Waals surface area contributed by atoms with Crippen LogP contribution < -0.4 is 15.2 Å². The summed E-state index contributed by atoms with van der Waals surface area (Å²) in [6.07, 6.45) is 2.70. The van der Waals surface area contributed by atoms with Crippen LogP contribution >= 0.6 is 0 Å². The molecule has 1 heterocycles. The van der Waals surface area contributed by atoms with E-state index in [1.165, 1.54) is 31.6 Å². The molecule has 0 spiro atoms. The predicted octanol–water partition coefficient (Wildman–Crippen LogP) is 0.0626. The molecule has 2 rings (SSSR count). The Morgan fingerprint density at radius 1 is 1.23 bits per heavy atom. The maximum absolute atomic E-state index is 11.9. The number of hydrogen-bond donors (Lipinski definition) is 2. The van der Waals surface area contributed by atoms with Gasteiger partial charge in [0.1, 0.15) is 0 Å². The molecule has 0 fully saturated rings. The number of aromatic nitrogens is 2. The maximum atomic E-state index is 11.9. The van der Waals surface area contributed by atoms with E-state index in [2.05, 4.69) is 15.3 Å². The average Bonchev–Trinajstić information content (AvgIpc) is 2.52. The van der Waals surface area contributed by atoms with Gasteiger partial charge in [-0.25, -0.2) is 23.5 Å². The zero-order valence-electron chi connectivity index (χ0n) is 11.7. The third-order valence-electron chi connectivity index (χ3n) is 2.78. The lowest BCUT2D eigenvalue weighted by atomic mass is 10.2. The molecule has 0 aliphatic carbocycles. The minimum atomic E-state index is -3.72. The molecule has 1 aromatic heterocycles. The number of amides is 1. The highest BCUT2D eigenvalue weighted by Crippen LogP contribution is 2.09. The zero-order chi connectivity index (χ0) is 16.2. The molecule has 22 heavy (non-hydrogen) atoms. The summed E-state index contributed by atoms with van der Waals surface area (Å²) in [6.45, 7) is 0.232. The zero-order valence-corrected chi connectivity index (χ0v) is 12.5. The fraction of sp³-hybridized carbons (Fsp3) is 0.154. The van der Waals surface area contributed by atoms with Gasteiger partial charge in [-0.1, -0.05) is 12.1 Å². The second-order valence-corrected chi connectivity index (χ2v) is 5.89. The van der Waals surface area contributed by atoms with E-state index in [1.54, 1.807) is 12.1 Å². The van der Waals surface area contributed by atoms with E-state index in [0.717, 1.165) is 5.56 Å². The Balaban J connectivity index is 1.98. The van der Waals surface area contributed by atoms with Crippen molar-refractivity contribution >= 4 is 15.9 Å². The van der Waals surface area contributed by atoms with E-state index in [-0.39, 0.29) is 23.4 Å². The number of rotatable bonds is 5. The molecule has 9 heteroatoms. The van der Waals surface area contributed by atoms with Gasteiger partial charge < -0.3 is 10.1 Å². The minimum absolute atomic E-state index is 0.0196. The van der Waals surface area contributed by atoms with Crippen LogP contribution in [0.2, 0.25) is 0 Å². The average molecular weight is 322 g/mol. The van der Waals surface area contributed by atoms with Gasteiger partial charge in [0.2, 0.25) is 10.0 Å². The minimum Gasteiger partial charge on any atom is -0.467 e. The maximum Gasteiger partial charge on any atom is 0.316 e. The van der Waals surface area contributed by atoms with Gasteiger partial charge in [0.25, 0.3) is 5.91 Å². The molecule has 0 unspecified atom stereocenters. The van der Waals surface area contributed by atoms with E-state index >= 15 is 0 Å². The molecule has 0 aliphatic heterocycles. The first kappa shape index (κ1) is 15.9. The Morgan fingerprint density at radius 3 is 2.32 bits per heavy atom. The van der Waals surface area contributed by atoms with Crippen LogP contribution in [0.1, 0.15) is 15.9 Å². The number of nitrogens with one attached hydrogen (secondary N) is 1. The van der Waals surface area contributed by atoms with Crippen molar-refractivity contribution in [3.63, 3.8) is 0 Å². The topological polar surface area (TPSA) is 124 Å². The summed E-state index contributed by atoms with van der Waals surface area (Å²) in [6, 6.07) is 6.09. The molecule has 0 saturated carbocycles. The van der Waals surface area contributed by atoms with Gasteiger partial charge in [-0.05, 0) is 17.7 Å².